The molecule has 0 aromatic rings. The van der Waals surface area contributed by atoms with E-state index in [2.05, 4.69) is 18.7 Å². The van der Waals surface area contributed by atoms with Gasteiger partial charge in [0.05, 0.1) is 19.1 Å². The van der Waals surface area contributed by atoms with Crippen LogP contribution in [0.25, 0.3) is 0 Å². The Morgan fingerprint density at radius 1 is 1.50 bits per heavy atom. The van der Waals surface area contributed by atoms with E-state index in [9.17, 15) is 4.79 Å². The Morgan fingerprint density at radius 2 is 2.31 bits per heavy atom. The first-order valence-electron chi connectivity index (χ1n) is 6.53. The molecule has 3 nitrogen and oxygen atoms in total. The first-order valence-corrected chi connectivity index (χ1v) is 6.53. The number of carbonyl (C=O) groups is 1. The summed E-state index contributed by atoms with van der Waals surface area (Å²) in [5.74, 6) is 1.23. The smallest absolute Gasteiger partial charge is 0.141 e. The molecule has 0 saturated carbocycles. The normalized spacial score (nSPS) is 32.6. The van der Waals surface area contributed by atoms with Crippen molar-refractivity contribution in [2.45, 2.75) is 39.2 Å². The van der Waals surface area contributed by atoms with E-state index in [0.717, 1.165) is 13.1 Å². The summed E-state index contributed by atoms with van der Waals surface area (Å²) in [5.41, 5.74) is 0. The number of carbonyl (C=O) groups excluding carboxylic acids is 1. The minimum absolute atomic E-state index is 0.132. The van der Waals surface area contributed by atoms with Crippen molar-refractivity contribution in [3.8, 4) is 0 Å². The highest BCUT2D eigenvalue weighted by molar-refractivity contribution is 5.82. The average Bonchev–Trinajstić information content (AvgIpc) is 2.69. The molecular formula is C13H23NO2. The molecule has 0 N–H and O–H groups in total. The van der Waals surface area contributed by atoms with Gasteiger partial charge in [0, 0.05) is 19.0 Å². The number of ketones is 1. The third-order valence-electron chi connectivity index (χ3n) is 3.91. The molecule has 2 saturated heterocycles. The van der Waals surface area contributed by atoms with Gasteiger partial charge in [-0.05, 0) is 25.3 Å². The molecule has 2 unspecified atom stereocenters. The summed E-state index contributed by atoms with van der Waals surface area (Å²) in [6.07, 6.45) is 3.19. The van der Waals surface area contributed by atoms with Gasteiger partial charge in [0.2, 0.25) is 0 Å². The molecule has 2 aliphatic rings. The van der Waals surface area contributed by atoms with E-state index in [1.807, 2.05) is 0 Å². The first-order chi connectivity index (χ1) is 7.68. The van der Waals surface area contributed by atoms with Gasteiger partial charge in [0.15, 0.2) is 0 Å². The SMILES string of the molecule is CC(C)C1CCCN1CC1COCCC1=O. The Kier molecular flexibility index (Phi) is 3.98. The molecule has 0 bridgehead atoms. The molecule has 0 aromatic carbocycles. The Hall–Kier alpha value is -0.410. The van der Waals surface area contributed by atoms with Crippen molar-refractivity contribution in [1.82, 2.24) is 4.90 Å². The summed E-state index contributed by atoms with van der Waals surface area (Å²) < 4.78 is 5.41. The van der Waals surface area contributed by atoms with Crippen molar-refractivity contribution < 1.29 is 9.53 Å². The lowest BCUT2D eigenvalue weighted by molar-refractivity contribution is -0.131. The van der Waals surface area contributed by atoms with Crippen LogP contribution in [-0.2, 0) is 9.53 Å². The number of nitrogens with zero attached hydrogens (tertiary/aromatic N) is 1. The van der Waals surface area contributed by atoms with Gasteiger partial charge in [-0.2, -0.15) is 0 Å². The summed E-state index contributed by atoms with van der Waals surface area (Å²) in [4.78, 5) is 14.3. The Labute approximate surface area is 98.1 Å². The summed E-state index contributed by atoms with van der Waals surface area (Å²) in [5, 5.41) is 0. The largest absolute Gasteiger partial charge is 0.380 e. The molecule has 0 aromatic heterocycles. The number of Topliss-reactive ketones (excluding diaryl/α,β-unsaturated/α-hetero) is 1. The molecule has 2 heterocycles. The van der Waals surface area contributed by atoms with Crippen LogP contribution < -0.4 is 0 Å². The number of rotatable bonds is 3. The maximum atomic E-state index is 11.8. The van der Waals surface area contributed by atoms with Crippen molar-refractivity contribution in [3.05, 3.63) is 0 Å². The molecule has 92 valence electrons. The summed E-state index contributed by atoms with van der Waals surface area (Å²) in [6, 6.07) is 0.676. The van der Waals surface area contributed by atoms with Gasteiger partial charge in [-0.3, -0.25) is 9.69 Å². The fourth-order valence-electron chi connectivity index (χ4n) is 2.97. The minimum Gasteiger partial charge on any atom is -0.380 e. The highest BCUT2D eigenvalue weighted by Gasteiger charge is 2.32. The van der Waals surface area contributed by atoms with Gasteiger partial charge in [0.25, 0.3) is 0 Å². The van der Waals surface area contributed by atoms with Crippen molar-refractivity contribution >= 4 is 5.78 Å². The lowest BCUT2D eigenvalue weighted by Crippen LogP contribution is -2.42. The van der Waals surface area contributed by atoms with Crippen LogP contribution in [0.4, 0.5) is 0 Å². The molecule has 2 aliphatic heterocycles. The number of ether oxygens (including phenoxy) is 1. The molecule has 2 rings (SSSR count). The molecule has 0 amide bonds. The minimum atomic E-state index is 0.132. The zero-order valence-corrected chi connectivity index (χ0v) is 10.4. The Balaban J connectivity index is 1.90. The van der Waals surface area contributed by atoms with Crippen LogP contribution >= 0.6 is 0 Å². The Morgan fingerprint density at radius 3 is 3.00 bits per heavy atom. The van der Waals surface area contributed by atoms with Gasteiger partial charge in [0.1, 0.15) is 5.78 Å². The van der Waals surface area contributed by atoms with E-state index in [4.69, 9.17) is 4.74 Å². The lowest BCUT2D eigenvalue weighted by atomic mass is 9.97. The summed E-state index contributed by atoms with van der Waals surface area (Å²) >= 11 is 0. The van der Waals surface area contributed by atoms with Gasteiger partial charge < -0.3 is 4.74 Å². The van der Waals surface area contributed by atoms with Gasteiger partial charge in [-0.15, -0.1) is 0 Å². The highest BCUT2D eigenvalue weighted by Crippen LogP contribution is 2.25. The molecule has 0 spiro atoms. The molecule has 2 fully saturated rings. The first kappa shape index (κ1) is 12.1. The number of hydrogen-bond acceptors (Lipinski definition) is 3. The third kappa shape index (κ3) is 2.64. The van der Waals surface area contributed by atoms with Crippen LogP contribution in [-0.4, -0.2) is 43.0 Å². The van der Waals surface area contributed by atoms with E-state index in [1.165, 1.54) is 12.8 Å². The maximum absolute atomic E-state index is 11.8. The maximum Gasteiger partial charge on any atom is 0.141 e. The van der Waals surface area contributed by atoms with Crippen LogP contribution in [0.1, 0.15) is 33.1 Å². The molecule has 16 heavy (non-hydrogen) atoms. The van der Waals surface area contributed by atoms with Gasteiger partial charge >= 0.3 is 0 Å². The van der Waals surface area contributed by atoms with Crippen molar-refractivity contribution in [2.24, 2.45) is 11.8 Å². The second kappa shape index (κ2) is 5.28. The monoisotopic (exact) mass is 225 g/mol. The lowest BCUT2D eigenvalue weighted by Gasteiger charge is -2.31. The number of hydrogen-bond donors (Lipinski definition) is 0. The molecule has 2 atom stereocenters. The Bertz CT molecular complexity index is 252. The molecule has 3 heteroatoms. The van der Waals surface area contributed by atoms with E-state index in [0.29, 0.717) is 37.4 Å². The van der Waals surface area contributed by atoms with Crippen molar-refractivity contribution in [1.29, 1.82) is 0 Å². The zero-order valence-electron chi connectivity index (χ0n) is 10.4. The second-order valence-electron chi connectivity index (χ2n) is 5.44. The predicted octanol–water partition coefficient (Wildman–Crippen LogP) is 1.71. The van der Waals surface area contributed by atoms with E-state index >= 15 is 0 Å². The van der Waals surface area contributed by atoms with E-state index < -0.39 is 0 Å². The van der Waals surface area contributed by atoms with Crippen LogP contribution in [0.2, 0.25) is 0 Å². The summed E-state index contributed by atoms with van der Waals surface area (Å²) in [7, 11) is 0. The van der Waals surface area contributed by atoms with E-state index in [1.54, 1.807) is 0 Å². The predicted molar refractivity (Wildman–Crippen MR) is 63.4 cm³/mol. The molecular weight excluding hydrogens is 202 g/mol. The quantitative estimate of drug-likeness (QED) is 0.732. The van der Waals surface area contributed by atoms with Crippen LogP contribution in [0.5, 0.6) is 0 Å². The molecule has 0 radical (unpaired) electrons. The topological polar surface area (TPSA) is 29.5 Å². The van der Waals surface area contributed by atoms with Crippen LogP contribution in [0.3, 0.4) is 0 Å². The fraction of sp³-hybridized carbons (Fsp3) is 0.923. The standard InChI is InChI=1S/C13H23NO2/c1-10(2)12-4-3-6-14(12)8-11-9-16-7-5-13(11)15/h10-12H,3-9H2,1-2H3. The number of likely N-dealkylation sites (tertiary alicyclic amines) is 1. The van der Waals surface area contributed by atoms with Crippen LogP contribution in [0, 0.1) is 11.8 Å². The fourth-order valence-corrected chi connectivity index (χ4v) is 2.97. The van der Waals surface area contributed by atoms with E-state index in [-0.39, 0.29) is 5.92 Å². The van der Waals surface area contributed by atoms with Crippen molar-refractivity contribution in [2.75, 3.05) is 26.3 Å². The summed E-state index contributed by atoms with van der Waals surface area (Å²) in [6.45, 7) is 7.90. The van der Waals surface area contributed by atoms with Crippen LogP contribution in [0.15, 0.2) is 0 Å². The van der Waals surface area contributed by atoms with Gasteiger partial charge in [-0.25, -0.2) is 0 Å². The molecule has 0 aliphatic carbocycles. The zero-order chi connectivity index (χ0) is 11.5. The third-order valence-corrected chi connectivity index (χ3v) is 3.91. The van der Waals surface area contributed by atoms with Gasteiger partial charge in [-0.1, -0.05) is 13.8 Å². The average molecular weight is 225 g/mol. The highest BCUT2D eigenvalue weighted by atomic mass is 16.5. The van der Waals surface area contributed by atoms with Crippen molar-refractivity contribution in [3.63, 3.8) is 0 Å². The second-order valence-corrected chi connectivity index (χ2v) is 5.44.